The molecule has 0 bridgehead atoms. The molecule has 2 amide bonds. The lowest BCUT2D eigenvalue weighted by Gasteiger charge is -2.29. The van der Waals surface area contributed by atoms with Crippen LogP contribution in [-0.2, 0) is 32.1 Å². The number of amides is 2. The second kappa shape index (κ2) is 11.5. The number of nitrogens with zero attached hydrogens (tertiary/aromatic N) is 1. The number of benzene rings is 3. The van der Waals surface area contributed by atoms with Crippen molar-refractivity contribution < 1.29 is 23.9 Å². The standard InChI is InChI=1S/C30H34N2O5/c1-30(2,3)37-29(35)31-25(19-22-15-16-23-12-7-8-13-24(23)18-22)27(33)32-17-9-14-26(32)28(34)36-20-21-10-5-4-6-11-21/h4-8,10-13,15-16,18,25-26H,9,14,17,19-20H2,1-3H3,(H,31,35)/t25-,26+/m0/s1. The number of fused-ring (bicyclic) bond motifs is 1. The predicted molar refractivity (Wildman–Crippen MR) is 142 cm³/mol. The molecule has 7 nitrogen and oxygen atoms in total. The van der Waals surface area contributed by atoms with Gasteiger partial charge in [-0.2, -0.15) is 0 Å². The van der Waals surface area contributed by atoms with E-state index in [9.17, 15) is 14.4 Å². The Morgan fingerprint density at radius 2 is 1.65 bits per heavy atom. The quantitative estimate of drug-likeness (QED) is 0.459. The van der Waals surface area contributed by atoms with Gasteiger partial charge in [0, 0.05) is 13.0 Å². The number of likely N-dealkylation sites (tertiary alicyclic amines) is 1. The fraction of sp³-hybridized carbons (Fsp3) is 0.367. The van der Waals surface area contributed by atoms with Crippen molar-refractivity contribution in [1.82, 2.24) is 10.2 Å². The summed E-state index contributed by atoms with van der Waals surface area (Å²) in [5, 5.41) is 4.90. The molecular formula is C30H34N2O5. The van der Waals surface area contributed by atoms with Crippen molar-refractivity contribution >= 4 is 28.7 Å². The van der Waals surface area contributed by atoms with Gasteiger partial charge in [-0.25, -0.2) is 9.59 Å². The molecule has 1 fully saturated rings. The lowest BCUT2D eigenvalue weighted by molar-refractivity contribution is -0.155. The topological polar surface area (TPSA) is 84.9 Å². The lowest BCUT2D eigenvalue weighted by atomic mass is 10.0. The third-order valence-electron chi connectivity index (χ3n) is 6.27. The number of rotatable bonds is 7. The van der Waals surface area contributed by atoms with E-state index in [0.29, 0.717) is 19.4 Å². The molecule has 3 aromatic carbocycles. The molecule has 0 unspecified atom stereocenters. The highest BCUT2D eigenvalue weighted by molar-refractivity contribution is 5.91. The Kier molecular flexibility index (Phi) is 8.11. The van der Waals surface area contributed by atoms with Gasteiger partial charge < -0.3 is 19.7 Å². The van der Waals surface area contributed by atoms with Gasteiger partial charge in [-0.15, -0.1) is 0 Å². The molecule has 1 heterocycles. The third kappa shape index (κ3) is 7.09. The molecule has 0 aliphatic carbocycles. The van der Waals surface area contributed by atoms with Crippen molar-refractivity contribution in [2.24, 2.45) is 0 Å². The van der Waals surface area contributed by atoms with E-state index in [2.05, 4.69) is 5.32 Å². The van der Waals surface area contributed by atoms with Crippen LogP contribution >= 0.6 is 0 Å². The fourth-order valence-electron chi connectivity index (χ4n) is 4.55. The maximum Gasteiger partial charge on any atom is 0.408 e. The van der Waals surface area contributed by atoms with Crippen LogP contribution in [0.25, 0.3) is 10.8 Å². The van der Waals surface area contributed by atoms with Crippen LogP contribution in [0.1, 0.15) is 44.7 Å². The van der Waals surface area contributed by atoms with Gasteiger partial charge in [-0.05, 0) is 55.5 Å². The minimum Gasteiger partial charge on any atom is -0.459 e. The normalized spacial score (nSPS) is 16.3. The smallest absolute Gasteiger partial charge is 0.408 e. The van der Waals surface area contributed by atoms with Crippen LogP contribution in [0.15, 0.2) is 72.8 Å². The fourth-order valence-corrected chi connectivity index (χ4v) is 4.55. The molecule has 0 radical (unpaired) electrons. The van der Waals surface area contributed by atoms with Crippen molar-refractivity contribution in [3.8, 4) is 0 Å². The van der Waals surface area contributed by atoms with Crippen molar-refractivity contribution in [3.63, 3.8) is 0 Å². The van der Waals surface area contributed by atoms with E-state index in [-0.39, 0.29) is 18.9 Å². The van der Waals surface area contributed by atoms with Crippen molar-refractivity contribution in [1.29, 1.82) is 0 Å². The molecule has 1 saturated heterocycles. The summed E-state index contributed by atoms with van der Waals surface area (Å²) in [5.74, 6) is -0.755. The van der Waals surface area contributed by atoms with Gasteiger partial charge in [0.2, 0.25) is 5.91 Å². The van der Waals surface area contributed by atoms with Gasteiger partial charge in [-0.3, -0.25) is 4.79 Å². The van der Waals surface area contributed by atoms with Crippen molar-refractivity contribution in [2.75, 3.05) is 6.54 Å². The highest BCUT2D eigenvalue weighted by Crippen LogP contribution is 2.23. The number of carbonyl (C=O) groups is 3. The molecule has 2 atom stereocenters. The third-order valence-corrected chi connectivity index (χ3v) is 6.27. The predicted octanol–water partition coefficient (Wildman–Crippen LogP) is 5.01. The minimum atomic E-state index is -0.890. The van der Waals surface area contributed by atoms with Gasteiger partial charge in [-0.1, -0.05) is 72.8 Å². The zero-order valence-corrected chi connectivity index (χ0v) is 21.6. The van der Waals surface area contributed by atoms with Crippen LogP contribution in [0.5, 0.6) is 0 Å². The summed E-state index contributed by atoms with van der Waals surface area (Å²) < 4.78 is 11.0. The monoisotopic (exact) mass is 502 g/mol. The van der Waals surface area contributed by atoms with Crippen molar-refractivity contribution in [3.05, 3.63) is 83.9 Å². The molecule has 194 valence electrons. The maximum absolute atomic E-state index is 13.8. The Morgan fingerprint density at radius 3 is 2.38 bits per heavy atom. The number of nitrogens with one attached hydrogen (secondary N) is 1. The van der Waals surface area contributed by atoms with Crippen LogP contribution < -0.4 is 5.32 Å². The highest BCUT2D eigenvalue weighted by atomic mass is 16.6. The number of esters is 1. The van der Waals surface area contributed by atoms with Gasteiger partial charge in [0.25, 0.3) is 0 Å². The Balaban J connectivity index is 1.51. The van der Waals surface area contributed by atoms with Gasteiger partial charge in [0.15, 0.2) is 0 Å². The van der Waals surface area contributed by atoms with Gasteiger partial charge in [0.05, 0.1) is 0 Å². The summed E-state index contributed by atoms with van der Waals surface area (Å²) in [4.78, 5) is 40.9. The molecule has 1 N–H and O–H groups in total. The summed E-state index contributed by atoms with van der Waals surface area (Å²) in [6.45, 7) is 5.88. The number of hydrogen-bond acceptors (Lipinski definition) is 5. The Morgan fingerprint density at radius 1 is 0.946 bits per heavy atom. The van der Waals surface area contributed by atoms with Crippen LogP contribution in [-0.4, -0.2) is 47.1 Å². The first kappa shape index (κ1) is 26.2. The van der Waals surface area contributed by atoms with E-state index in [1.165, 1.54) is 4.90 Å². The molecule has 1 aliphatic heterocycles. The second-order valence-electron chi connectivity index (χ2n) is 10.4. The molecule has 3 aromatic rings. The molecule has 37 heavy (non-hydrogen) atoms. The summed E-state index contributed by atoms with van der Waals surface area (Å²) in [6.07, 6.45) is 0.806. The van der Waals surface area contributed by atoms with E-state index in [1.54, 1.807) is 20.8 Å². The van der Waals surface area contributed by atoms with Gasteiger partial charge in [0.1, 0.15) is 24.3 Å². The van der Waals surface area contributed by atoms with Crippen LogP contribution in [0.2, 0.25) is 0 Å². The zero-order valence-electron chi connectivity index (χ0n) is 21.6. The Bertz CT molecular complexity index is 1250. The molecule has 0 aromatic heterocycles. The average molecular weight is 503 g/mol. The van der Waals surface area contributed by atoms with Crippen LogP contribution in [0.3, 0.4) is 0 Å². The summed E-state index contributed by atoms with van der Waals surface area (Å²) in [6, 6.07) is 21.8. The van der Waals surface area contributed by atoms with E-state index in [1.807, 2.05) is 72.8 Å². The van der Waals surface area contributed by atoms with E-state index >= 15 is 0 Å². The molecule has 1 aliphatic rings. The molecular weight excluding hydrogens is 468 g/mol. The first-order chi connectivity index (χ1) is 17.7. The first-order valence-electron chi connectivity index (χ1n) is 12.7. The molecule has 0 spiro atoms. The maximum atomic E-state index is 13.8. The largest absolute Gasteiger partial charge is 0.459 e. The van der Waals surface area contributed by atoms with E-state index in [4.69, 9.17) is 9.47 Å². The molecule has 4 rings (SSSR count). The Labute approximate surface area is 217 Å². The van der Waals surface area contributed by atoms with Crippen molar-refractivity contribution in [2.45, 2.75) is 64.3 Å². The lowest BCUT2D eigenvalue weighted by Crippen LogP contribution is -2.53. The summed E-state index contributed by atoms with van der Waals surface area (Å²) >= 11 is 0. The van der Waals surface area contributed by atoms with E-state index in [0.717, 1.165) is 21.9 Å². The van der Waals surface area contributed by atoms with Gasteiger partial charge >= 0.3 is 12.1 Å². The number of alkyl carbamates (subject to hydrolysis) is 1. The van der Waals surface area contributed by atoms with Crippen LogP contribution in [0.4, 0.5) is 4.79 Å². The molecule has 7 heteroatoms. The number of carbonyl (C=O) groups excluding carboxylic acids is 3. The SMILES string of the molecule is CC(C)(C)OC(=O)N[C@@H](Cc1ccc2ccccc2c1)C(=O)N1CCC[C@@H]1C(=O)OCc1ccccc1. The Hall–Kier alpha value is -3.87. The zero-order chi connectivity index (χ0) is 26.4. The number of hydrogen-bond donors (Lipinski definition) is 1. The molecule has 0 saturated carbocycles. The van der Waals surface area contributed by atoms with Crippen LogP contribution in [0, 0.1) is 0 Å². The summed E-state index contributed by atoms with van der Waals surface area (Å²) in [5.41, 5.74) is 1.07. The number of ether oxygens (including phenoxy) is 2. The average Bonchev–Trinajstić information content (AvgIpc) is 3.36. The second-order valence-corrected chi connectivity index (χ2v) is 10.4. The minimum absolute atomic E-state index is 0.148. The summed E-state index contributed by atoms with van der Waals surface area (Å²) in [7, 11) is 0. The first-order valence-corrected chi connectivity index (χ1v) is 12.7. The highest BCUT2D eigenvalue weighted by Gasteiger charge is 2.39. The van der Waals surface area contributed by atoms with E-state index < -0.39 is 29.7 Å².